The predicted octanol–water partition coefficient (Wildman–Crippen LogP) is 5.54. The number of benzene rings is 2. The Balaban J connectivity index is 1.92. The highest BCUT2D eigenvalue weighted by atomic mass is 16.5. The molecule has 2 nitrogen and oxygen atoms in total. The Bertz CT molecular complexity index is 562. The first-order valence-electron chi connectivity index (χ1n) is 8.95. The smallest absolute Gasteiger partial charge is 0.0718 e. The van der Waals surface area contributed by atoms with E-state index in [4.69, 9.17) is 9.47 Å². The lowest BCUT2D eigenvalue weighted by Crippen LogP contribution is -2.05. The number of hydrogen-bond acceptors (Lipinski definition) is 2. The zero-order valence-corrected chi connectivity index (χ0v) is 15.2. The predicted molar refractivity (Wildman–Crippen MR) is 100 cm³/mol. The van der Waals surface area contributed by atoms with Gasteiger partial charge in [0.15, 0.2) is 0 Å². The van der Waals surface area contributed by atoms with Gasteiger partial charge >= 0.3 is 0 Å². The lowest BCUT2D eigenvalue weighted by Gasteiger charge is -2.21. The maximum atomic E-state index is 5.58. The van der Waals surface area contributed by atoms with E-state index in [9.17, 15) is 0 Å². The van der Waals surface area contributed by atoms with E-state index in [0.29, 0.717) is 31.7 Å². The van der Waals surface area contributed by atoms with Crippen LogP contribution in [0.2, 0.25) is 0 Å². The maximum absolute atomic E-state index is 5.58. The van der Waals surface area contributed by atoms with Crippen LogP contribution in [0.3, 0.4) is 0 Å². The van der Waals surface area contributed by atoms with Crippen molar-refractivity contribution in [1.29, 1.82) is 0 Å². The molecule has 0 saturated carbocycles. The van der Waals surface area contributed by atoms with Gasteiger partial charge in [-0.15, -0.1) is 0 Å². The minimum atomic E-state index is 0.577. The van der Waals surface area contributed by atoms with E-state index in [0.717, 1.165) is 0 Å². The van der Waals surface area contributed by atoms with Gasteiger partial charge in [0.25, 0.3) is 0 Å². The zero-order chi connectivity index (χ0) is 17.2. The Morgan fingerprint density at radius 2 is 1.58 bits per heavy atom. The van der Waals surface area contributed by atoms with Crippen molar-refractivity contribution in [3.63, 3.8) is 0 Å². The highest BCUT2D eigenvalue weighted by molar-refractivity contribution is 5.26. The zero-order valence-electron chi connectivity index (χ0n) is 15.2. The van der Waals surface area contributed by atoms with Crippen molar-refractivity contribution in [2.24, 2.45) is 0 Å². The molecule has 2 unspecified atom stereocenters. The Labute approximate surface area is 146 Å². The topological polar surface area (TPSA) is 18.5 Å². The fraction of sp³-hybridized carbons (Fsp3) is 0.455. The molecule has 2 heteroatoms. The fourth-order valence-electron chi connectivity index (χ4n) is 3.10. The number of methoxy groups -OCH3 is 1. The lowest BCUT2D eigenvalue weighted by atomic mass is 9.84. The van der Waals surface area contributed by atoms with E-state index in [2.05, 4.69) is 68.4 Å². The molecule has 0 aromatic heterocycles. The first-order valence-corrected chi connectivity index (χ1v) is 8.95. The molecule has 0 aliphatic heterocycles. The van der Waals surface area contributed by atoms with Crippen molar-refractivity contribution >= 4 is 0 Å². The van der Waals surface area contributed by atoms with Gasteiger partial charge in [-0.1, -0.05) is 68.4 Å². The average molecular weight is 326 g/mol. The molecule has 0 aliphatic rings. The molecular formula is C22H30O2. The normalized spacial score (nSPS) is 13.6. The molecule has 0 aliphatic carbocycles. The van der Waals surface area contributed by atoms with Crippen LogP contribution in [0.15, 0.2) is 54.6 Å². The number of hydrogen-bond donors (Lipinski definition) is 0. The van der Waals surface area contributed by atoms with Gasteiger partial charge in [0.05, 0.1) is 19.8 Å². The van der Waals surface area contributed by atoms with Crippen LogP contribution >= 0.6 is 0 Å². The second-order valence-corrected chi connectivity index (χ2v) is 6.44. The second kappa shape index (κ2) is 10.3. The summed E-state index contributed by atoms with van der Waals surface area (Å²) >= 11 is 0. The molecule has 0 amide bonds. The van der Waals surface area contributed by atoms with Crippen molar-refractivity contribution in [2.45, 2.75) is 45.1 Å². The summed E-state index contributed by atoms with van der Waals surface area (Å²) in [4.78, 5) is 0. The highest BCUT2D eigenvalue weighted by Gasteiger charge is 2.15. The molecule has 0 radical (unpaired) electrons. The maximum Gasteiger partial charge on any atom is 0.0718 e. The number of ether oxygens (including phenoxy) is 2. The molecule has 2 aromatic carbocycles. The van der Waals surface area contributed by atoms with Crippen molar-refractivity contribution in [3.05, 3.63) is 71.3 Å². The van der Waals surface area contributed by atoms with E-state index in [1.807, 2.05) is 0 Å². The fourth-order valence-corrected chi connectivity index (χ4v) is 3.10. The Kier molecular flexibility index (Phi) is 8.00. The monoisotopic (exact) mass is 326 g/mol. The molecule has 0 saturated heterocycles. The van der Waals surface area contributed by atoms with Crippen molar-refractivity contribution in [2.75, 3.05) is 20.3 Å². The third-order valence-corrected chi connectivity index (χ3v) is 4.65. The van der Waals surface area contributed by atoms with Gasteiger partial charge in [0.2, 0.25) is 0 Å². The van der Waals surface area contributed by atoms with Crippen LogP contribution in [-0.4, -0.2) is 20.3 Å². The van der Waals surface area contributed by atoms with Gasteiger partial charge < -0.3 is 9.47 Å². The van der Waals surface area contributed by atoms with Gasteiger partial charge in [0.1, 0.15) is 0 Å². The summed E-state index contributed by atoms with van der Waals surface area (Å²) in [5.74, 6) is 1.18. The minimum absolute atomic E-state index is 0.577. The average Bonchev–Trinajstić information content (AvgIpc) is 2.64. The van der Waals surface area contributed by atoms with Crippen LogP contribution in [0.4, 0.5) is 0 Å². The third kappa shape index (κ3) is 5.77. The standard InChI is InChI=1S/C22H30O2/c1-4-20(16-18(2)21-8-6-5-7-9-21)22-12-10-19(11-13-22)17-24-15-14-23-3/h5-13,18,20H,4,14-17H2,1-3H3. The Morgan fingerprint density at radius 3 is 2.21 bits per heavy atom. The molecule has 0 spiro atoms. The Hall–Kier alpha value is -1.64. The van der Waals surface area contributed by atoms with Gasteiger partial charge in [0, 0.05) is 7.11 Å². The largest absolute Gasteiger partial charge is 0.382 e. The van der Waals surface area contributed by atoms with Gasteiger partial charge in [-0.2, -0.15) is 0 Å². The second-order valence-electron chi connectivity index (χ2n) is 6.44. The van der Waals surface area contributed by atoms with Crippen molar-refractivity contribution in [3.8, 4) is 0 Å². The summed E-state index contributed by atoms with van der Waals surface area (Å²) in [7, 11) is 1.69. The highest BCUT2D eigenvalue weighted by Crippen LogP contribution is 2.32. The SMILES string of the molecule is CCC(CC(C)c1ccccc1)c1ccc(COCCOC)cc1. The summed E-state index contributed by atoms with van der Waals surface area (Å²) < 4.78 is 10.6. The molecule has 130 valence electrons. The van der Waals surface area contributed by atoms with Crippen LogP contribution in [0.25, 0.3) is 0 Å². The molecule has 0 bridgehead atoms. The van der Waals surface area contributed by atoms with E-state index in [1.54, 1.807) is 7.11 Å². The molecule has 2 aromatic rings. The van der Waals surface area contributed by atoms with Gasteiger partial charge in [-0.3, -0.25) is 0 Å². The van der Waals surface area contributed by atoms with Crippen LogP contribution < -0.4 is 0 Å². The minimum Gasteiger partial charge on any atom is -0.382 e. The lowest BCUT2D eigenvalue weighted by molar-refractivity contribution is 0.0616. The Morgan fingerprint density at radius 1 is 0.875 bits per heavy atom. The quantitative estimate of drug-likeness (QED) is 0.534. The molecule has 2 rings (SSSR count). The van der Waals surface area contributed by atoms with E-state index in [-0.39, 0.29) is 0 Å². The van der Waals surface area contributed by atoms with Crippen LogP contribution in [0.1, 0.15) is 55.2 Å². The molecule has 2 atom stereocenters. The van der Waals surface area contributed by atoms with Crippen LogP contribution in [-0.2, 0) is 16.1 Å². The first kappa shape index (κ1) is 18.7. The summed E-state index contributed by atoms with van der Waals surface area (Å²) in [5.41, 5.74) is 4.08. The van der Waals surface area contributed by atoms with Crippen LogP contribution in [0.5, 0.6) is 0 Å². The molecule has 0 heterocycles. The molecule has 0 N–H and O–H groups in total. The van der Waals surface area contributed by atoms with Gasteiger partial charge in [-0.05, 0) is 41.4 Å². The van der Waals surface area contributed by atoms with Crippen molar-refractivity contribution < 1.29 is 9.47 Å². The van der Waals surface area contributed by atoms with E-state index < -0.39 is 0 Å². The van der Waals surface area contributed by atoms with E-state index >= 15 is 0 Å². The summed E-state index contributed by atoms with van der Waals surface area (Å²) in [6, 6.07) is 19.7. The first-order chi connectivity index (χ1) is 11.7. The number of rotatable bonds is 10. The molecule has 0 fully saturated rings. The summed E-state index contributed by atoms with van der Waals surface area (Å²) in [6.07, 6.45) is 2.35. The molecule has 24 heavy (non-hydrogen) atoms. The van der Waals surface area contributed by atoms with Crippen molar-refractivity contribution in [1.82, 2.24) is 0 Å². The van der Waals surface area contributed by atoms with Crippen LogP contribution in [0, 0.1) is 0 Å². The molecular weight excluding hydrogens is 296 g/mol. The third-order valence-electron chi connectivity index (χ3n) is 4.65. The summed E-state index contributed by atoms with van der Waals surface area (Å²) in [6.45, 7) is 6.55. The van der Waals surface area contributed by atoms with E-state index in [1.165, 1.54) is 29.5 Å². The van der Waals surface area contributed by atoms with Gasteiger partial charge in [-0.25, -0.2) is 0 Å². The summed E-state index contributed by atoms with van der Waals surface area (Å²) in [5, 5.41) is 0.